The number of ketones is 1. The Labute approximate surface area is 237 Å². The molecule has 0 radical (unpaired) electrons. The number of hydrogen-bond donors (Lipinski definition) is 1. The lowest BCUT2D eigenvalue weighted by Crippen LogP contribution is -2.49. The van der Waals surface area contributed by atoms with Crippen LogP contribution >= 0.6 is 0 Å². The number of Topliss-reactive ketones (excluding diaryl/α,β-unsaturated/α-hetero) is 1. The summed E-state index contributed by atoms with van der Waals surface area (Å²) in [5, 5.41) is 2.93. The predicted octanol–water partition coefficient (Wildman–Crippen LogP) is 3.38. The van der Waals surface area contributed by atoms with E-state index in [1.54, 1.807) is 25.3 Å². The van der Waals surface area contributed by atoms with Crippen LogP contribution in [0.2, 0.25) is 0 Å². The van der Waals surface area contributed by atoms with Crippen LogP contribution in [0.25, 0.3) is 11.2 Å². The van der Waals surface area contributed by atoms with Gasteiger partial charge in [0.2, 0.25) is 5.95 Å². The molecule has 1 fully saturated rings. The monoisotopic (exact) mass is 568 g/mol. The first kappa shape index (κ1) is 29.8. The highest BCUT2D eigenvalue weighted by Gasteiger charge is 2.29. The largest absolute Gasteiger partial charge is 0.444 e. The van der Waals surface area contributed by atoms with Gasteiger partial charge in [-0.3, -0.25) is 18.7 Å². The summed E-state index contributed by atoms with van der Waals surface area (Å²) in [5.41, 5.74) is -0.342. The van der Waals surface area contributed by atoms with Gasteiger partial charge in [0.15, 0.2) is 16.9 Å². The standard InChI is InChI=1S/C29H37FN6O5/c1-18(2)13-15-35-23-24(32-26(35)34-14-7-8-21(16-34)31-27(39)41-29(3,4)5)33(6)28(40)36(25(23)38)17-22(37)19-9-11-20(30)12-10-19/h9-13,21H,7-8,14-17H2,1-6H3,(H,31,39). The molecule has 1 aliphatic heterocycles. The van der Waals surface area contributed by atoms with Crippen molar-refractivity contribution in [3.63, 3.8) is 0 Å². The third kappa shape index (κ3) is 6.75. The van der Waals surface area contributed by atoms with Crippen LogP contribution in [0, 0.1) is 5.82 Å². The van der Waals surface area contributed by atoms with E-state index < -0.39 is 41.1 Å². The summed E-state index contributed by atoms with van der Waals surface area (Å²) in [7, 11) is 1.51. The fourth-order valence-corrected chi connectivity index (χ4v) is 4.81. The normalized spacial score (nSPS) is 15.6. The average molecular weight is 569 g/mol. The smallest absolute Gasteiger partial charge is 0.407 e. The number of amides is 1. The third-order valence-corrected chi connectivity index (χ3v) is 6.79. The lowest BCUT2D eigenvalue weighted by atomic mass is 10.1. The number of alkyl carbamates (subject to hydrolysis) is 1. The van der Waals surface area contributed by atoms with Crippen LogP contribution in [0.3, 0.4) is 0 Å². The Bertz CT molecular complexity index is 1610. The van der Waals surface area contributed by atoms with Crippen LogP contribution in [0.5, 0.6) is 0 Å². The molecule has 0 spiro atoms. The van der Waals surface area contributed by atoms with Crippen LogP contribution in [0.1, 0.15) is 57.8 Å². The first-order valence-electron chi connectivity index (χ1n) is 13.6. The maximum atomic E-state index is 13.8. The molecule has 0 saturated carbocycles. The van der Waals surface area contributed by atoms with Crippen molar-refractivity contribution in [3.05, 3.63) is 68.1 Å². The van der Waals surface area contributed by atoms with Gasteiger partial charge in [-0.15, -0.1) is 0 Å². The summed E-state index contributed by atoms with van der Waals surface area (Å²) >= 11 is 0. The molecule has 3 heterocycles. The van der Waals surface area contributed by atoms with E-state index in [4.69, 9.17) is 9.72 Å². The van der Waals surface area contributed by atoms with Gasteiger partial charge in [-0.25, -0.2) is 14.0 Å². The van der Waals surface area contributed by atoms with Crippen LogP contribution in [-0.4, -0.2) is 55.3 Å². The van der Waals surface area contributed by atoms with Crippen molar-refractivity contribution in [1.82, 2.24) is 24.0 Å². The van der Waals surface area contributed by atoms with Crippen molar-refractivity contribution in [3.8, 4) is 0 Å². The van der Waals surface area contributed by atoms with Crippen LogP contribution in [0.15, 0.2) is 45.5 Å². The SMILES string of the molecule is CC(C)=CCn1c(N2CCCC(NC(=O)OC(C)(C)C)C2)nc2c1c(=O)n(CC(=O)c1ccc(F)cc1)c(=O)n2C. The number of nitrogens with one attached hydrogen (secondary N) is 1. The quantitative estimate of drug-likeness (QED) is 0.343. The molecule has 1 amide bonds. The highest BCUT2D eigenvalue weighted by atomic mass is 19.1. The summed E-state index contributed by atoms with van der Waals surface area (Å²) in [4.78, 5) is 59.1. The van der Waals surface area contributed by atoms with Gasteiger partial charge in [-0.05, 0) is 71.7 Å². The van der Waals surface area contributed by atoms with E-state index in [1.165, 1.54) is 23.7 Å². The van der Waals surface area contributed by atoms with Crippen molar-refractivity contribution in [2.24, 2.45) is 7.05 Å². The molecule has 2 aromatic heterocycles. The highest BCUT2D eigenvalue weighted by molar-refractivity contribution is 5.96. The van der Waals surface area contributed by atoms with Crippen molar-refractivity contribution < 1.29 is 18.7 Å². The molecule has 11 nitrogen and oxygen atoms in total. The van der Waals surface area contributed by atoms with E-state index >= 15 is 0 Å². The van der Waals surface area contributed by atoms with Crippen LogP contribution in [-0.2, 0) is 24.9 Å². The number of aromatic nitrogens is 4. The topological polar surface area (TPSA) is 120 Å². The van der Waals surface area contributed by atoms with Gasteiger partial charge in [0.05, 0.1) is 6.54 Å². The first-order chi connectivity index (χ1) is 19.2. The van der Waals surface area contributed by atoms with Crippen molar-refractivity contribution >= 4 is 29.0 Å². The van der Waals surface area contributed by atoms with Crippen molar-refractivity contribution in [1.29, 1.82) is 0 Å². The van der Waals surface area contributed by atoms with Gasteiger partial charge in [-0.2, -0.15) is 4.98 Å². The number of nitrogens with zero attached hydrogens (tertiary/aromatic N) is 5. The molecule has 0 bridgehead atoms. The van der Waals surface area contributed by atoms with E-state index in [9.17, 15) is 23.6 Å². The number of rotatable bonds is 7. The van der Waals surface area contributed by atoms with E-state index in [1.807, 2.05) is 24.8 Å². The molecular weight excluding hydrogens is 531 g/mol. The Morgan fingerprint density at radius 2 is 1.83 bits per heavy atom. The molecule has 0 aliphatic carbocycles. The minimum absolute atomic E-state index is 0.189. The zero-order chi connectivity index (χ0) is 30.1. The number of fused-ring (bicyclic) bond motifs is 1. The number of carbonyl (C=O) groups is 2. The molecular formula is C29H37FN6O5. The highest BCUT2D eigenvalue weighted by Crippen LogP contribution is 2.24. The molecule has 220 valence electrons. The molecule has 4 rings (SSSR count). The molecule has 3 aromatic rings. The lowest BCUT2D eigenvalue weighted by molar-refractivity contribution is 0.0499. The second-order valence-electron chi connectivity index (χ2n) is 11.6. The number of carbonyl (C=O) groups excluding carboxylic acids is 2. The number of imidazole rings is 1. The van der Waals surface area contributed by atoms with Gasteiger partial charge in [0, 0.05) is 38.3 Å². The van der Waals surface area contributed by atoms with Gasteiger partial charge >= 0.3 is 11.8 Å². The summed E-state index contributed by atoms with van der Waals surface area (Å²) < 4.78 is 22.7. The molecule has 1 aliphatic rings. The zero-order valence-electron chi connectivity index (χ0n) is 24.4. The first-order valence-corrected chi connectivity index (χ1v) is 13.6. The Morgan fingerprint density at radius 3 is 2.46 bits per heavy atom. The predicted molar refractivity (Wildman–Crippen MR) is 154 cm³/mol. The minimum atomic E-state index is -0.681. The Morgan fingerprint density at radius 1 is 1.15 bits per heavy atom. The second-order valence-corrected chi connectivity index (χ2v) is 11.6. The molecule has 12 heteroatoms. The Balaban J connectivity index is 1.75. The Kier molecular flexibility index (Phi) is 8.50. The minimum Gasteiger partial charge on any atom is -0.444 e. The zero-order valence-corrected chi connectivity index (χ0v) is 24.4. The fourth-order valence-electron chi connectivity index (χ4n) is 4.81. The fraction of sp³-hybridized carbons (Fsp3) is 0.483. The summed E-state index contributed by atoms with van der Waals surface area (Å²) in [5.74, 6) is -0.498. The number of piperidine rings is 1. The van der Waals surface area contributed by atoms with Gasteiger partial charge < -0.3 is 19.5 Å². The van der Waals surface area contributed by atoms with Crippen molar-refractivity contribution in [2.45, 2.75) is 72.2 Å². The third-order valence-electron chi connectivity index (χ3n) is 6.79. The summed E-state index contributed by atoms with van der Waals surface area (Å²) in [6.07, 6.45) is 2.96. The second kappa shape index (κ2) is 11.7. The van der Waals surface area contributed by atoms with Gasteiger partial charge in [-0.1, -0.05) is 11.6 Å². The van der Waals surface area contributed by atoms with Gasteiger partial charge in [0.1, 0.15) is 11.4 Å². The molecule has 1 saturated heterocycles. The number of ether oxygens (including phenoxy) is 1. The maximum absolute atomic E-state index is 13.8. The van der Waals surface area contributed by atoms with Crippen LogP contribution < -0.4 is 21.5 Å². The number of anilines is 1. The molecule has 1 unspecified atom stereocenters. The molecule has 1 aromatic carbocycles. The maximum Gasteiger partial charge on any atom is 0.407 e. The number of allylic oxidation sites excluding steroid dienone is 2. The van der Waals surface area contributed by atoms with E-state index in [-0.39, 0.29) is 22.8 Å². The van der Waals surface area contributed by atoms with E-state index in [2.05, 4.69) is 5.32 Å². The summed E-state index contributed by atoms with van der Waals surface area (Å²) in [6.45, 7) is 10.2. The summed E-state index contributed by atoms with van der Waals surface area (Å²) in [6, 6.07) is 4.75. The number of halogens is 1. The molecule has 1 atom stereocenters. The number of aryl methyl sites for hydroxylation is 1. The average Bonchev–Trinajstić information content (AvgIpc) is 3.28. The van der Waals surface area contributed by atoms with E-state index in [0.29, 0.717) is 25.6 Å². The lowest BCUT2D eigenvalue weighted by Gasteiger charge is -2.34. The molecule has 1 N–H and O–H groups in total. The number of benzene rings is 1. The van der Waals surface area contributed by atoms with E-state index in [0.717, 1.165) is 35.1 Å². The van der Waals surface area contributed by atoms with Crippen molar-refractivity contribution in [2.75, 3.05) is 18.0 Å². The molecule has 41 heavy (non-hydrogen) atoms. The van der Waals surface area contributed by atoms with Crippen LogP contribution in [0.4, 0.5) is 15.1 Å². The van der Waals surface area contributed by atoms with Gasteiger partial charge in [0.25, 0.3) is 5.56 Å². The Hall–Kier alpha value is -4.22. The number of hydrogen-bond acceptors (Lipinski definition) is 7.